The van der Waals surface area contributed by atoms with E-state index in [4.69, 9.17) is 4.52 Å². The second-order valence-corrected chi connectivity index (χ2v) is 8.43. The van der Waals surface area contributed by atoms with Crippen LogP contribution in [0.1, 0.15) is 5.89 Å². The fourth-order valence-electron chi connectivity index (χ4n) is 2.21. The first-order valence-electron chi connectivity index (χ1n) is 7.78. The van der Waals surface area contributed by atoms with Crippen LogP contribution in [0, 0.1) is 0 Å². The molecule has 0 saturated carbocycles. The highest BCUT2D eigenvalue weighted by molar-refractivity contribution is 7.89. The first-order valence-corrected chi connectivity index (χ1v) is 10.1. The van der Waals surface area contributed by atoms with Crippen LogP contribution < -0.4 is 5.32 Å². The van der Waals surface area contributed by atoms with Gasteiger partial charge in [-0.3, -0.25) is 0 Å². The number of thiophene rings is 1. The highest BCUT2D eigenvalue weighted by Crippen LogP contribution is 2.22. The molecule has 0 bridgehead atoms. The van der Waals surface area contributed by atoms with E-state index in [1.54, 1.807) is 41.7 Å². The number of rotatable bonds is 8. The van der Waals surface area contributed by atoms with Gasteiger partial charge in [0.15, 0.2) is 0 Å². The third-order valence-electron chi connectivity index (χ3n) is 3.60. The third-order valence-corrected chi connectivity index (χ3v) is 6.31. The second-order valence-electron chi connectivity index (χ2n) is 5.44. The van der Waals surface area contributed by atoms with Crippen molar-refractivity contribution in [3.63, 3.8) is 0 Å². The van der Waals surface area contributed by atoms with Crippen molar-refractivity contribution in [3.8, 4) is 10.7 Å². The zero-order chi connectivity index (χ0) is 18.6. The summed E-state index contributed by atoms with van der Waals surface area (Å²) in [4.78, 5) is 5.50. The number of nitrogens with zero attached hydrogens (tertiary/aromatic N) is 3. The lowest BCUT2D eigenvalue weighted by Crippen LogP contribution is -2.26. The minimum Gasteiger partial charge on any atom is -0.376 e. The van der Waals surface area contributed by atoms with Crippen molar-refractivity contribution in [1.82, 2.24) is 14.4 Å². The summed E-state index contributed by atoms with van der Waals surface area (Å²) in [5.74, 6) is 1.01. The minimum absolute atomic E-state index is 0.227. The fourth-order valence-corrected chi connectivity index (χ4v) is 4.01. The molecule has 0 saturated heterocycles. The molecule has 0 atom stereocenters. The predicted molar refractivity (Wildman–Crippen MR) is 101 cm³/mol. The molecule has 7 nitrogen and oxygen atoms in total. The van der Waals surface area contributed by atoms with Crippen LogP contribution in [-0.4, -0.2) is 36.5 Å². The summed E-state index contributed by atoms with van der Waals surface area (Å²) in [6.07, 6.45) is 1.54. The highest BCUT2D eigenvalue weighted by Gasteiger charge is 2.19. The largest absolute Gasteiger partial charge is 0.376 e. The van der Waals surface area contributed by atoms with Gasteiger partial charge in [0.05, 0.1) is 16.3 Å². The number of hydrogen-bond acceptors (Lipinski definition) is 7. The van der Waals surface area contributed by atoms with Crippen LogP contribution >= 0.6 is 11.3 Å². The summed E-state index contributed by atoms with van der Waals surface area (Å²) in [6.45, 7) is 4.16. The predicted octanol–water partition coefficient (Wildman–Crippen LogP) is 3.22. The Morgan fingerprint density at radius 1 is 1.31 bits per heavy atom. The Labute approximate surface area is 156 Å². The van der Waals surface area contributed by atoms with Crippen molar-refractivity contribution >= 4 is 27.0 Å². The maximum atomic E-state index is 12.4. The van der Waals surface area contributed by atoms with Crippen LogP contribution in [0.4, 0.5) is 5.69 Å². The van der Waals surface area contributed by atoms with Crippen LogP contribution in [0.3, 0.4) is 0 Å². The van der Waals surface area contributed by atoms with Crippen LogP contribution in [0.25, 0.3) is 10.7 Å². The molecule has 0 radical (unpaired) electrons. The maximum absolute atomic E-state index is 12.4. The molecule has 1 aromatic carbocycles. The Bertz CT molecular complexity index is 964. The van der Waals surface area contributed by atoms with Gasteiger partial charge in [0.25, 0.3) is 0 Å². The van der Waals surface area contributed by atoms with Gasteiger partial charge in [-0.25, -0.2) is 8.42 Å². The monoisotopic (exact) mass is 390 g/mol. The number of likely N-dealkylation sites (N-methyl/N-ethyl adjacent to an activating group) is 1. The SMILES string of the molecule is C=CCN(C)S(=O)(=O)c1ccc(NCc2nc(-c3cccs3)no2)cc1. The van der Waals surface area contributed by atoms with Gasteiger partial charge in [-0.05, 0) is 35.7 Å². The van der Waals surface area contributed by atoms with Crippen molar-refractivity contribution < 1.29 is 12.9 Å². The number of aromatic nitrogens is 2. The molecule has 0 fully saturated rings. The molecular formula is C17H18N4O3S2. The minimum atomic E-state index is -3.51. The van der Waals surface area contributed by atoms with Gasteiger partial charge in [0.1, 0.15) is 0 Å². The Kier molecular flexibility index (Phi) is 5.50. The third kappa shape index (κ3) is 4.01. The van der Waals surface area contributed by atoms with E-state index in [1.807, 2.05) is 17.5 Å². The molecule has 1 N–H and O–H groups in total. The van der Waals surface area contributed by atoms with Crippen LogP contribution in [0.2, 0.25) is 0 Å². The van der Waals surface area contributed by atoms with E-state index in [9.17, 15) is 8.42 Å². The number of benzene rings is 1. The van der Waals surface area contributed by atoms with Crippen molar-refractivity contribution in [3.05, 3.63) is 60.3 Å². The quantitative estimate of drug-likeness (QED) is 0.594. The summed E-state index contributed by atoms with van der Waals surface area (Å²) in [7, 11) is -1.99. The smallest absolute Gasteiger partial charge is 0.246 e. The second kappa shape index (κ2) is 7.81. The first kappa shape index (κ1) is 18.3. The Morgan fingerprint density at radius 2 is 2.08 bits per heavy atom. The molecule has 3 rings (SSSR count). The standard InChI is InChI=1S/C17H18N4O3S2/c1-3-10-21(2)26(22,23)14-8-6-13(7-9-14)18-12-16-19-17(20-24-16)15-5-4-11-25-15/h3-9,11,18H,1,10,12H2,2H3. The van der Waals surface area contributed by atoms with E-state index < -0.39 is 10.0 Å². The number of hydrogen-bond donors (Lipinski definition) is 1. The zero-order valence-electron chi connectivity index (χ0n) is 14.1. The van der Waals surface area contributed by atoms with E-state index in [1.165, 1.54) is 11.4 Å². The van der Waals surface area contributed by atoms with Crippen LogP contribution in [0.15, 0.2) is 63.9 Å². The molecule has 2 heterocycles. The van der Waals surface area contributed by atoms with Crippen LogP contribution in [0.5, 0.6) is 0 Å². The molecule has 0 amide bonds. The number of nitrogens with one attached hydrogen (secondary N) is 1. The van der Waals surface area contributed by atoms with Gasteiger partial charge >= 0.3 is 0 Å². The number of sulfonamides is 1. The first-order chi connectivity index (χ1) is 12.5. The van der Waals surface area contributed by atoms with Crippen LogP contribution in [-0.2, 0) is 16.6 Å². The molecule has 136 valence electrons. The van der Waals surface area contributed by atoms with E-state index >= 15 is 0 Å². The maximum Gasteiger partial charge on any atom is 0.246 e. The van der Waals surface area contributed by atoms with Gasteiger partial charge in [-0.15, -0.1) is 17.9 Å². The molecule has 9 heteroatoms. The average molecular weight is 390 g/mol. The molecular weight excluding hydrogens is 372 g/mol. The van der Waals surface area contributed by atoms with Crippen molar-refractivity contribution in [2.75, 3.05) is 18.9 Å². The molecule has 0 spiro atoms. The fraction of sp³-hybridized carbons (Fsp3) is 0.176. The van der Waals surface area contributed by atoms with Gasteiger partial charge in [-0.2, -0.15) is 9.29 Å². The molecule has 26 heavy (non-hydrogen) atoms. The van der Waals surface area contributed by atoms with Gasteiger partial charge < -0.3 is 9.84 Å². The summed E-state index contributed by atoms with van der Waals surface area (Å²) in [5.41, 5.74) is 0.756. The van der Waals surface area contributed by atoms with Crippen molar-refractivity contribution in [1.29, 1.82) is 0 Å². The Balaban J connectivity index is 1.64. The highest BCUT2D eigenvalue weighted by atomic mass is 32.2. The Hall–Kier alpha value is -2.49. The lowest BCUT2D eigenvalue weighted by Gasteiger charge is -2.15. The van der Waals surface area contributed by atoms with Gasteiger partial charge in [-0.1, -0.05) is 17.3 Å². The molecule has 0 aliphatic carbocycles. The zero-order valence-corrected chi connectivity index (χ0v) is 15.8. The summed E-state index contributed by atoms with van der Waals surface area (Å²) in [6, 6.07) is 10.4. The van der Waals surface area contributed by atoms with Gasteiger partial charge in [0.2, 0.25) is 21.7 Å². The summed E-state index contributed by atoms with van der Waals surface area (Å²) < 4.78 is 31.2. The topological polar surface area (TPSA) is 88.3 Å². The molecule has 0 aliphatic rings. The van der Waals surface area contributed by atoms with E-state index in [0.717, 1.165) is 10.6 Å². The number of anilines is 1. The van der Waals surface area contributed by atoms with E-state index in [0.29, 0.717) is 18.3 Å². The molecule has 0 unspecified atom stereocenters. The van der Waals surface area contributed by atoms with Crippen molar-refractivity contribution in [2.45, 2.75) is 11.4 Å². The lowest BCUT2D eigenvalue weighted by atomic mass is 10.3. The average Bonchev–Trinajstić information content (AvgIpc) is 3.32. The lowest BCUT2D eigenvalue weighted by molar-refractivity contribution is 0.384. The Morgan fingerprint density at radius 3 is 2.73 bits per heavy atom. The molecule has 2 aromatic heterocycles. The normalized spacial score (nSPS) is 11.6. The summed E-state index contributed by atoms with van der Waals surface area (Å²) >= 11 is 1.54. The van der Waals surface area contributed by atoms with Crippen molar-refractivity contribution in [2.24, 2.45) is 0 Å². The summed E-state index contributed by atoms with van der Waals surface area (Å²) in [5, 5.41) is 9.03. The van der Waals surface area contributed by atoms with Gasteiger partial charge in [0, 0.05) is 19.3 Å². The van der Waals surface area contributed by atoms with E-state index in [-0.39, 0.29) is 11.4 Å². The van der Waals surface area contributed by atoms with E-state index in [2.05, 4.69) is 22.0 Å². The molecule has 3 aromatic rings. The molecule has 0 aliphatic heterocycles.